The fraction of sp³-hybridized carbons (Fsp3) is 0.364. The van der Waals surface area contributed by atoms with E-state index in [1.165, 1.54) is 28.1 Å². The van der Waals surface area contributed by atoms with Crippen molar-refractivity contribution in [3.63, 3.8) is 0 Å². The first kappa shape index (κ1) is 21.3. The summed E-state index contributed by atoms with van der Waals surface area (Å²) in [5, 5.41) is 5.57. The molecule has 0 aliphatic carbocycles. The molecule has 0 aromatic heterocycles. The van der Waals surface area contributed by atoms with Crippen LogP contribution in [0.1, 0.15) is 25.3 Å². The monoisotopic (exact) mass is 443 g/mol. The first-order chi connectivity index (χ1) is 14.9. The van der Waals surface area contributed by atoms with Crippen LogP contribution in [-0.2, 0) is 26.0 Å². The Kier molecular flexibility index (Phi) is 5.97. The van der Waals surface area contributed by atoms with Gasteiger partial charge in [0.15, 0.2) is 6.61 Å². The largest absolute Gasteiger partial charge is 0.482 e. The Bertz CT molecular complexity index is 1090. The quantitative estimate of drug-likeness (QED) is 0.739. The molecule has 2 aliphatic heterocycles. The lowest BCUT2D eigenvalue weighted by atomic mass is 9.97. The molecule has 2 amide bonds. The van der Waals surface area contributed by atoms with Crippen molar-refractivity contribution in [3.05, 3.63) is 48.0 Å². The van der Waals surface area contributed by atoms with Gasteiger partial charge in [-0.3, -0.25) is 9.59 Å². The van der Waals surface area contributed by atoms with Crippen LogP contribution in [0.4, 0.5) is 11.4 Å². The number of carbonyl (C=O) groups excluding carboxylic acids is 2. The summed E-state index contributed by atoms with van der Waals surface area (Å²) in [4.78, 5) is 24.1. The number of aryl methyl sites for hydroxylation is 1. The van der Waals surface area contributed by atoms with E-state index in [0.717, 1.165) is 12.1 Å². The van der Waals surface area contributed by atoms with Crippen LogP contribution >= 0.6 is 0 Å². The predicted molar refractivity (Wildman–Crippen MR) is 116 cm³/mol. The Morgan fingerprint density at radius 1 is 1.16 bits per heavy atom. The minimum atomic E-state index is -3.72. The predicted octanol–water partition coefficient (Wildman–Crippen LogP) is 2.62. The third-order valence-electron chi connectivity index (χ3n) is 5.68. The zero-order valence-electron chi connectivity index (χ0n) is 17.3. The fourth-order valence-electron chi connectivity index (χ4n) is 3.79. The van der Waals surface area contributed by atoms with Crippen LogP contribution in [-0.4, -0.2) is 44.2 Å². The molecule has 0 atom stereocenters. The molecule has 2 N–H and O–H groups in total. The molecule has 2 aromatic rings. The third kappa shape index (κ3) is 4.57. The van der Waals surface area contributed by atoms with E-state index in [1.807, 2.05) is 24.3 Å². The first-order valence-electron chi connectivity index (χ1n) is 10.3. The molecule has 9 heteroatoms. The number of rotatable bonds is 5. The summed E-state index contributed by atoms with van der Waals surface area (Å²) >= 11 is 0. The first-order valence-corrected chi connectivity index (χ1v) is 11.8. The number of carbonyl (C=O) groups is 2. The number of fused-ring (bicyclic) bond motifs is 1. The molecule has 0 saturated carbocycles. The average Bonchev–Trinajstić information content (AvgIpc) is 2.79. The number of benzene rings is 2. The van der Waals surface area contributed by atoms with Crippen molar-refractivity contribution in [3.8, 4) is 5.75 Å². The van der Waals surface area contributed by atoms with Crippen molar-refractivity contribution in [2.45, 2.75) is 31.1 Å². The number of amides is 2. The lowest BCUT2D eigenvalue weighted by Crippen LogP contribution is -2.41. The minimum Gasteiger partial charge on any atom is -0.482 e. The van der Waals surface area contributed by atoms with Crippen LogP contribution in [0.2, 0.25) is 0 Å². The molecule has 1 saturated heterocycles. The van der Waals surface area contributed by atoms with Gasteiger partial charge in [-0.05, 0) is 49.1 Å². The molecule has 0 spiro atoms. The van der Waals surface area contributed by atoms with Crippen LogP contribution in [0.25, 0.3) is 0 Å². The van der Waals surface area contributed by atoms with E-state index in [0.29, 0.717) is 24.3 Å². The second kappa shape index (κ2) is 8.68. The lowest BCUT2D eigenvalue weighted by molar-refractivity contribution is -0.121. The maximum atomic E-state index is 13.0. The normalized spacial score (nSPS) is 17.4. The van der Waals surface area contributed by atoms with E-state index in [1.54, 1.807) is 0 Å². The van der Waals surface area contributed by atoms with Crippen molar-refractivity contribution in [1.29, 1.82) is 0 Å². The number of piperidine rings is 1. The van der Waals surface area contributed by atoms with Gasteiger partial charge in [0, 0.05) is 30.8 Å². The highest BCUT2D eigenvalue weighted by molar-refractivity contribution is 7.89. The Hall–Kier alpha value is -2.91. The Balaban J connectivity index is 1.38. The second-order valence-electron chi connectivity index (χ2n) is 7.71. The van der Waals surface area contributed by atoms with Crippen LogP contribution in [0.3, 0.4) is 0 Å². The zero-order valence-corrected chi connectivity index (χ0v) is 18.1. The molecule has 0 bridgehead atoms. The van der Waals surface area contributed by atoms with Crippen molar-refractivity contribution < 1.29 is 22.7 Å². The van der Waals surface area contributed by atoms with Gasteiger partial charge in [-0.25, -0.2) is 8.42 Å². The smallest absolute Gasteiger partial charge is 0.262 e. The van der Waals surface area contributed by atoms with Gasteiger partial charge in [-0.15, -0.1) is 0 Å². The van der Waals surface area contributed by atoms with Gasteiger partial charge in [0.2, 0.25) is 15.9 Å². The molecule has 4 rings (SSSR count). The van der Waals surface area contributed by atoms with E-state index < -0.39 is 10.0 Å². The maximum Gasteiger partial charge on any atom is 0.262 e. The SMILES string of the molecule is CCc1ccc(NC(=O)C2CCN(S(=O)(=O)c3ccc4c(c3)OCC(=O)N4)CC2)cc1. The van der Waals surface area contributed by atoms with Crippen molar-refractivity contribution in [2.75, 3.05) is 30.3 Å². The van der Waals surface area contributed by atoms with Crippen LogP contribution in [0.15, 0.2) is 47.4 Å². The Morgan fingerprint density at radius 2 is 1.87 bits per heavy atom. The summed E-state index contributed by atoms with van der Waals surface area (Å²) in [5.74, 6) is -0.257. The number of ether oxygens (including phenoxy) is 1. The van der Waals surface area contributed by atoms with Gasteiger partial charge in [0.25, 0.3) is 5.91 Å². The van der Waals surface area contributed by atoms with Gasteiger partial charge in [-0.1, -0.05) is 19.1 Å². The molecule has 2 heterocycles. The Morgan fingerprint density at radius 3 is 2.55 bits per heavy atom. The molecule has 164 valence electrons. The van der Waals surface area contributed by atoms with Gasteiger partial charge in [0.1, 0.15) is 5.75 Å². The van der Waals surface area contributed by atoms with E-state index in [2.05, 4.69) is 17.6 Å². The van der Waals surface area contributed by atoms with E-state index >= 15 is 0 Å². The highest BCUT2D eigenvalue weighted by Crippen LogP contribution is 2.32. The Labute approximate surface area is 181 Å². The molecule has 0 unspecified atom stereocenters. The summed E-state index contributed by atoms with van der Waals surface area (Å²) in [7, 11) is -3.72. The van der Waals surface area contributed by atoms with Gasteiger partial charge in [0.05, 0.1) is 10.6 Å². The summed E-state index contributed by atoms with van der Waals surface area (Å²) in [6.07, 6.45) is 1.84. The summed E-state index contributed by atoms with van der Waals surface area (Å²) < 4.78 is 32.8. The summed E-state index contributed by atoms with van der Waals surface area (Å²) in [6, 6.07) is 12.2. The highest BCUT2D eigenvalue weighted by atomic mass is 32.2. The van der Waals surface area contributed by atoms with Gasteiger partial charge < -0.3 is 15.4 Å². The lowest BCUT2D eigenvalue weighted by Gasteiger charge is -2.31. The number of anilines is 2. The molecule has 1 fully saturated rings. The molecule has 0 radical (unpaired) electrons. The average molecular weight is 444 g/mol. The number of nitrogens with zero attached hydrogens (tertiary/aromatic N) is 1. The number of hydrogen-bond acceptors (Lipinski definition) is 5. The molecular formula is C22H25N3O5S. The third-order valence-corrected chi connectivity index (χ3v) is 7.57. The minimum absolute atomic E-state index is 0.0841. The van der Waals surface area contributed by atoms with Crippen LogP contribution in [0, 0.1) is 5.92 Å². The standard InChI is InChI=1S/C22H25N3O5S/c1-2-15-3-5-17(6-4-15)23-22(27)16-9-11-25(12-10-16)31(28,29)18-7-8-19-20(13-18)30-14-21(26)24-19/h3-8,13,16H,2,9-12,14H2,1H3,(H,23,27)(H,24,26). The number of sulfonamides is 1. The highest BCUT2D eigenvalue weighted by Gasteiger charge is 2.33. The molecule has 2 aromatic carbocycles. The molecular weight excluding hydrogens is 418 g/mol. The molecule has 2 aliphatic rings. The topological polar surface area (TPSA) is 105 Å². The maximum absolute atomic E-state index is 13.0. The van der Waals surface area contributed by atoms with Crippen molar-refractivity contribution >= 4 is 33.2 Å². The fourth-order valence-corrected chi connectivity index (χ4v) is 5.28. The number of nitrogens with one attached hydrogen (secondary N) is 2. The second-order valence-corrected chi connectivity index (χ2v) is 9.65. The van der Waals surface area contributed by atoms with Crippen molar-refractivity contribution in [2.24, 2.45) is 5.92 Å². The van der Waals surface area contributed by atoms with E-state index in [9.17, 15) is 18.0 Å². The van der Waals surface area contributed by atoms with Gasteiger partial charge >= 0.3 is 0 Å². The molecule has 8 nitrogen and oxygen atoms in total. The van der Waals surface area contributed by atoms with Gasteiger partial charge in [-0.2, -0.15) is 4.31 Å². The van der Waals surface area contributed by atoms with Crippen molar-refractivity contribution in [1.82, 2.24) is 4.31 Å². The van der Waals surface area contributed by atoms with Crippen LogP contribution in [0.5, 0.6) is 5.75 Å². The van der Waals surface area contributed by atoms with E-state index in [4.69, 9.17) is 4.74 Å². The zero-order chi connectivity index (χ0) is 22.0. The molecule has 31 heavy (non-hydrogen) atoms. The van der Waals surface area contributed by atoms with Crippen LogP contribution < -0.4 is 15.4 Å². The summed E-state index contributed by atoms with van der Waals surface area (Å²) in [6.45, 7) is 2.47. The van der Waals surface area contributed by atoms with E-state index in [-0.39, 0.29) is 42.3 Å². The summed E-state index contributed by atoms with van der Waals surface area (Å²) in [5.41, 5.74) is 2.41. The number of hydrogen-bond donors (Lipinski definition) is 2.